The van der Waals surface area contributed by atoms with E-state index in [9.17, 15) is 13.7 Å². The molecular formula is C30H27N5O4S. The second-order valence-corrected chi connectivity index (χ2v) is 11.7. The van der Waals surface area contributed by atoms with Crippen molar-refractivity contribution in [3.8, 4) is 34.1 Å². The van der Waals surface area contributed by atoms with Crippen molar-refractivity contribution in [2.24, 2.45) is 7.05 Å². The Labute approximate surface area is 232 Å². The van der Waals surface area contributed by atoms with Crippen LogP contribution in [0, 0.1) is 18.3 Å². The molecule has 0 atom stereocenters. The average molecular weight is 554 g/mol. The first-order valence-corrected chi connectivity index (χ1v) is 14.4. The number of nitriles is 1. The first kappa shape index (κ1) is 25.8. The standard InChI is InChI=1S/C30H27N5O4S/c1-20-3-6-26(7-4-20)40(36,37)35-19-28(27-14-23(16-32-30(27)35)24-17-33-34(2)18-24)21-5-8-29(22(13-21)15-31)39-25-9-11-38-12-10-25/h3-8,13-14,16-19,25H,9-12H2,1-2H3. The minimum atomic E-state index is -3.95. The van der Waals surface area contributed by atoms with E-state index in [1.165, 1.54) is 3.97 Å². The van der Waals surface area contributed by atoms with Crippen LogP contribution < -0.4 is 4.74 Å². The molecule has 0 bridgehead atoms. The molecule has 3 aromatic heterocycles. The highest BCUT2D eigenvalue weighted by molar-refractivity contribution is 7.90. The molecule has 4 heterocycles. The number of hydrogen-bond donors (Lipinski definition) is 0. The molecule has 10 heteroatoms. The van der Waals surface area contributed by atoms with E-state index >= 15 is 0 Å². The molecule has 0 radical (unpaired) electrons. The van der Waals surface area contributed by atoms with Gasteiger partial charge in [0.15, 0.2) is 5.65 Å². The first-order valence-electron chi connectivity index (χ1n) is 12.9. The highest BCUT2D eigenvalue weighted by atomic mass is 32.2. The molecule has 2 aromatic carbocycles. The summed E-state index contributed by atoms with van der Waals surface area (Å²) >= 11 is 0. The Morgan fingerprint density at radius 2 is 1.77 bits per heavy atom. The van der Waals surface area contributed by atoms with Gasteiger partial charge in [-0.05, 0) is 42.8 Å². The Morgan fingerprint density at radius 1 is 1.00 bits per heavy atom. The summed E-state index contributed by atoms with van der Waals surface area (Å²) in [5, 5.41) is 14.8. The largest absolute Gasteiger partial charge is 0.489 e. The van der Waals surface area contributed by atoms with Gasteiger partial charge in [-0.15, -0.1) is 0 Å². The van der Waals surface area contributed by atoms with Crippen LogP contribution in [0.15, 0.2) is 78.2 Å². The van der Waals surface area contributed by atoms with Crippen molar-refractivity contribution in [3.05, 3.63) is 84.4 Å². The summed E-state index contributed by atoms with van der Waals surface area (Å²) in [6, 6.07) is 16.2. The molecule has 6 rings (SSSR count). The van der Waals surface area contributed by atoms with E-state index in [4.69, 9.17) is 9.47 Å². The lowest BCUT2D eigenvalue weighted by molar-refractivity contribution is 0.0254. The first-order chi connectivity index (χ1) is 19.3. The van der Waals surface area contributed by atoms with Crippen LogP contribution in [0.1, 0.15) is 24.0 Å². The van der Waals surface area contributed by atoms with Crippen LogP contribution >= 0.6 is 0 Å². The number of rotatable bonds is 6. The summed E-state index contributed by atoms with van der Waals surface area (Å²) in [5.74, 6) is 0.503. The van der Waals surface area contributed by atoms with Crippen LogP contribution in [-0.4, -0.2) is 46.5 Å². The smallest absolute Gasteiger partial charge is 0.269 e. The van der Waals surface area contributed by atoms with E-state index < -0.39 is 10.0 Å². The number of benzene rings is 2. The zero-order chi connectivity index (χ0) is 27.9. The number of pyridine rings is 1. The van der Waals surface area contributed by atoms with Crippen LogP contribution in [0.4, 0.5) is 0 Å². The Balaban J connectivity index is 1.50. The van der Waals surface area contributed by atoms with Crippen LogP contribution in [0.3, 0.4) is 0 Å². The summed E-state index contributed by atoms with van der Waals surface area (Å²) in [4.78, 5) is 4.77. The fraction of sp³-hybridized carbons (Fsp3) is 0.233. The highest BCUT2D eigenvalue weighted by Gasteiger charge is 2.24. The van der Waals surface area contributed by atoms with Crippen LogP contribution in [-0.2, 0) is 21.8 Å². The highest BCUT2D eigenvalue weighted by Crippen LogP contribution is 2.36. The molecule has 0 saturated carbocycles. The summed E-state index contributed by atoms with van der Waals surface area (Å²) in [6.07, 6.45) is 8.35. The normalized spacial score (nSPS) is 14.3. The Morgan fingerprint density at radius 3 is 2.48 bits per heavy atom. The van der Waals surface area contributed by atoms with Gasteiger partial charge in [-0.3, -0.25) is 4.68 Å². The minimum absolute atomic E-state index is 0.0143. The van der Waals surface area contributed by atoms with Gasteiger partial charge < -0.3 is 9.47 Å². The van der Waals surface area contributed by atoms with Crippen molar-refractivity contribution in [1.29, 1.82) is 5.26 Å². The van der Waals surface area contributed by atoms with Crippen LogP contribution in [0.5, 0.6) is 5.75 Å². The van der Waals surface area contributed by atoms with Gasteiger partial charge in [0.2, 0.25) is 0 Å². The third kappa shape index (κ3) is 4.74. The molecule has 0 unspecified atom stereocenters. The maximum atomic E-state index is 13.8. The number of aryl methyl sites for hydroxylation is 2. The van der Waals surface area contributed by atoms with Gasteiger partial charge in [-0.1, -0.05) is 23.8 Å². The zero-order valence-electron chi connectivity index (χ0n) is 22.1. The molecule has 1 saturated heterocycles. The van der Waals surface area contributed by atoms with Gasteiger partial charge >= 0.3 is 0 Å². The van der Waals surface area contributed by atoms with E-state index in [-0.39, 0.29) is 11.0 Å². The van der Waals surface area contributed by atoms with Gasteiger partial charge in [0.05, 0.1) is 29.9 Å². The molecule has 0 N–H and O–H groups in total. The molecule has 9 nitrogen and oxygen atoms in total. The summed E-state index contributed by atoms with van der Waals surface area (Å²) in [7, 11) is -2.12. The lowest BCUT2D eigenvalue weighted by Crippen LogP contribution is -2.26. The number of ether oxygens (including phenoxy) is 2. The second kappa shape index (κ2) is 10.3. The Hall–Kier alpha value is -4.46. The molecule has 40 heavy (non-hydrogen) atoms. The predicted molar refractivity (Wildman–Crippen MR) is 150 cm³/mol. The van der Waals surface area contributed by atoms with Crippen molar-refractivity contribution >= 4 is 21.1 Å². The summed E-state index contributed by atoms with van der Waals surface area (Å²) in [5.41, 5.74) is 4.61. The number of hydrogen-bond acceptors (Lipinski definition) is 7. The lowest BCUT2D eigenvalue weighted by Gasteiger charge is -2.23. The monoisotopic (exact) mass is 553 g/mol. The van der Waals surface area contributed by atoms with Crippen molar-refractivity contribution in [3.63, 3.8) is 0 Å². The SMILES string of the molecule is Cc1ccc(S(=O)(=O)n2cc(-c3ccc(OC4CCOCC4)c(C#N)c3)c3cc(-c4cnn(C)c4)cnc32)cc1. The van der Waals surface area contributed by atoms with Crippen molar-refractivity contribution < 1.29 is 17.9 Å². The average Bonchev–Trinajstić information content (AvgIpc) is 3.58. The molecule has 5 aromatic rings. The summed E-state index contributed by atoms with van der Waals surface area (Å²) < 4.78 is 42.0. The topological polar surface area (TPSA) is 112 Å². The maximum absolute atomic E-state index is 13.8. The van der Waals surface area contributed by atoms with Gasteiger partial charge in [-0.25, -0.2) is 17.4 Å². The number of nitrogens with zero attached hydrogens (tertiary/aromatic N) is 5. The van der Waals surface area contributed by atoms with E-state index in [1.54, 1.807) is 59.7 Å². The fourth-order valence-corrected chi connectivity index (χ4v) is 6.23. The molecule has 1 aliphatic heterocycles. The molecule has 1 fully saturated rings. The van der Waals surface area contributed by atoms with E-state index in [2.05, 4.69) is 16.2 Å². The van der Waals surface area contributed by atoms with Gasteiger partial charge in [0.25, 0.3) is 10.0 Å². The lowest BCUT2D eigenvalue weighted by atomic mass is 10.0. The van der Waals surface area contributed by atoms with Crippen molar-refractivity contribution in [2.45, 2.75) is 30.8 Å². The van der Waals surface area contributed by atoms with Crippen LogP contribution in [0.2, 0.25) is 0 Å². The van der Waals surface area contributed by atoms with Gasteiger partial charge in [0.1, 0.15) is 17.9 Å². The van der Waals surface area contributed by atoms with E-state index in [0.717, 1.165) is 29.5 Å². The predicted octanol–water partition coefficient (Wildman–Crippen LogP) is 5.08. The maximum Gasteiger partial charge on any atom is 0.269 e. The molecule has 0 aliphatic carbocycles. The quantitative estimate of drug-likeness (QED) is 0.288. The molecular weight excluding hydrogens is 526 g/mol. The van der Waals surface area contributed by atoms with E-state index in [1.807, 2.05) is 32.3 Å². The molecule has 0 amide bonds. The zero-order valence-corrected chi connectivity index (χ0v) is 22.9. The van der Waals surface area contributed by atoms with Crippen molar-refractivity contribution in [1.82, 2.24) is 18.7 Å². The second-order valence-electron chi connectivity index (χ2n) is 9.91. The van der Waals surface area contributed by atoms with Gasteiger partial charge in [0, 0.05) is 60.6 Å². The fourth-order valence-electron chi connectivity index (χ4n) is 4.91. The van der Waals surface area contributed by atoms with Crippen LogP contribution in [0.25, 0.3) is 33.3 Å². The van der Waals surface area contributed by atoms with Gasteiger partial charge in [-0.2, -0.15) is 10.4 Å². The molecule has 202 valence electrons. The molecule has 0 spiro atoms. The molecule has 1 aliphatic rings. The number of fused-ring (bicyclic) bond motifs is 1. The van der Waals surface area contributed by atoms with E-state index in [0.29, 0.717) is 46.7 Å². The van der Waals surface area contributed by atoms with Crippen molar-refractivity contribution in [2.75, 3.05) is 13.2 Å². The third-order valence-corrected chi connectivity index (χ3v) is 8.77. The number of aromatic nitrogens is 4. The Kier molecular flexibility index (Phi) is 6.62. The Bertz CT molecular complexity index is 1860. The third-order valence-electron chi connectivity index (χ3n) is 7.10. The minimum Gasteiger partial charge on any atom is -0.489 e. The summed E-state index contributed by atoms with van der Waals surface area (Å²) in [6.45, 7) is 3.17.